The highest BCUT2D eigenvalue weighted by atomic mass is 32.2. The Morgan fingerprint density at radius 2 is 1.88 bits per heavy atom. The third-order valence-corrected chi connectivity index (χ3v) is 9.85. The first-order valence-corrected chi connectivity index (χ1v) is 13.2. The van der Waals surface area contributed by atoms with E-state index in [9.17, 15) is 8.42 Å². The van der Waals surface area contributed by atoms with Gasteiger partial charge in [0, 0.05) is 31.0 Å². The number of fused-ring (bicyclic) bond motifs is 1. The van der Waals surface area contributed by atoms with E-state index < -0.39 is 21.2 Å². The van der Waals surface area contributed by atoms with Crippen molar-refractivity contribution in [1.82, 2.24) is 4.31 Å². The molecule has 1 saturated carbocycles. The predicted molar refractivity (Wildman–Crippen MR) is 126 cm³/mol. The van der Waals surface area contributed by atoms with Crippen LogP contribution in [0.4, 0.5) is 0 Å². The normalized spacial score (nSPS) is 28.2. The Morgan fingerprint density at radius 1 is 1.12 bits per heavy atom. The smallest absolute Gasteiger partial charge is 0.242 e. The zero-order chi connectivity index (χ0) is 23.6. The van der Waals surface area contributed by atoms with Crippen LogP contribution < -0.4 is 9.47 Å². The Bertz CT molecular complexity index is 1240. The molecular weight excluding hydrogens is 454 g/mol. The molecule has 0 radical (unpaired) electrons. The van der Waals surface area contributed by atoms with Gasteiger partial charge in [0.1, 0.15) is 0 Å². The second kappa shape index (κ2) is 7.81. The summed E-state index contributed by atoms with van der Waals surface area (Å²) < 4.78 is 52.8. The number of benzene rings is 2. The van der Waals surface area contributed by atoms with E-state index in [0.717, 1.165) is 29.7 Å². The summed E-state index contributed by atoms with van der Waals surface area (Å²) in [5.41, 5.74) is 1.70. The largest absolute Gasteiger partial charge is 0.493 e. The fourth-order valence-electron chi connectivity index (χ4n) is 6.37. The SMILES string of the molecule is COc1ccc2c3c1O[C@H]1C4(CC[C@@H](C=C2)[C@@]31CCN(C)S(=O)(=O)c1ccccc1)OCCO4. The lowest BCUT2D eigenvalue weighted by molar-refractivity contribution is -0.248. The monoisotopic (exact) mass is 483 g/mol. The first kappa shape index (κ1) is 22.1. The lowest BCUT2D eigenvalue weighted by atomic mass is 9.56. The summed E-state index contributed by atoms with van der Waals surface area (Å²) in [6.07, 6.45) is 6.22. The van der Waals surface area contributed by atoms with Crippen LogP contribution in [0.2, 0.25) is 0 Å². The Balaban J connectivity index is 1.43. The third-order valence-electron chi connectivity index (χ3n) is 7.98. The lowest BCUT2D eigenvalue weighted by Crippen LogP contribution is -2.62. The predicted octanol–water partition coefficient (Wildman–Crippen LogP) is 3.58. The van der Waals surface area contributed by atoms with Gasteiger partial charge in [-0.3, -0.25) is 0 Å². The van der Waals surface area contributed by atoms with Crippen LogP contribution in [0.1, 0.15) is 30.4 Å². The van der Waals surface area contributed by atoms with Crippen molar-refractivity contribution < 1.29 is 27.4 Å². The van der Waals surface area contributed by atoms with Gasteiger partial charge in [-0.05, 0) is 42.5 Å². The number of hydrogen-bond acceptors (Lipinski definition) is 6. The summed E-state index contributed by atoms with van der Waals surface area (Å²) in [5.74, 6) is 0.762. The van der Waals surface area contributed by atoms with Gasteiger partial charge in [0.2, 0.25) is 15.8 Å². The fraction of sp³-hybridized carbons (Fsp3) is 0.462. The minimum Gasteiger partial charge on any atom is -0.493 e. The molecule has 1 spiro atoms. The molecule has 3 atom stereocenters. The molecule has 2 heterocycles. The van der Waals surface area contributed by atoms with Crippen molar-refractivity contribution in [2.24, 2.45) is 5.92 Å². The van der Waals surface area contributed by atoms with Crippen LogP contribution in [0.3, 0.4) is 0 Å². The Kier molecular flexibility index (Phi) is 5.08. The van der Waals surface area contributed by atoms with E-state index in [1.165, 1.54) is 4.31 Å². The van der Waals surface area contributed by atoms with Crippen LogP contribution in [-0.4, -0.2) is 58.5 Å². The Labute approximate surface area is 200 Å². The number of ether oxygens (including phenoxy) is 4. The summed E-state index contributed by atoms with van der Waals surface area (Å²) >= 11 is 0. The summed E-state index contributed by atoms with van der Waals surface area (Å²) in [5, 5.41) is 0. The van der Waals surface area contributed by atoms with Crippen LogP contribution in [0.5, 0.6) is 11.5 Å². The first-order valence-electron chi connectivity index (χ1n) is 11.8. The van der Waals surface area contributed by atoms with Gasteiger partial charge >= 0.3 is 0 Å². The molecule has 2 aromatic rings. The number of hydrogen-bond donors (Lipinski definition) is 0. The second-order valence-electron chi connectivity index (χ2n) is 9.50. The maximum Gasteiger partial charge on any atom is 0.242 e. The number of allylic oxidation sites excluding steroid dienone is 1. The second-order valence-corrected chi connectivity index (χ2v) is 11.5. The zero-order valence-electron chi connectivity index (χ0n) is 19.4. The average molecular weight is 484 g/mol. The first-order chi connectivity index (χ1) is 16.4. The van der Waals surface area contributed by atoms with Crippen molar-refractivity contribution in [3.63, 3.8) is 0 Å². The molecule has 0 amide bonds. The topological polar surface area (TPSA) is 74.3 Å². The Morgan fingerprint density at radius 3 is 2.62 bits per heavy atom. The maximum atomic E-state index is 13.3. The highest BCUT2D eigenvalue weighted by Crippen LogP contribution is 2.64. The van der Waals surface area contributed by atoms with Gasteiger partial charge in [-0.15, -0.1) is 0 Å². The number of methoxy groups -OCH3 is 1. The Hall–Kier alpha value is -2.39. The van der Waals surface area contributed by atoms with E-state index in [1.807, 2.05) is 12.1 Å². The molecular formula is C26H29NO6S. The molecule has 8 heteroatoms. The molecule has 2 aliphatic heterocycles. The molecule has 0 N–H and O–H groups in total. The van der Waals surface area contributed by atoms with Crippen molar-refractivity contribution in [2.75, 3.05) is 33.9 Å². The molecule has 180 valence electrons. The van der Waals surface area contributed by atoms with Gasteiger partial charge in [0.05, 0.1) is 25.2 Å². The molecule has 0 unspecified atom stereocenters. The summed E-state index contributed by atoms with van der Waals surface area (Å²) in [6.45, 7) is 1.39. The number of rotatable bonds is 6. The average Bonchev–Trinajstić information content (AvgIpc) is 3.48. The molecule has 7 nitrogen and oxygen atoms in total. The summed E-state index contributed by atoms with van der Waals surface area (Å²) in [4.78, 5) is 0.295. The maximum absolute atomic E-state index is 13.3. The van der Waals surface area contributed by atoms with Gasteiger partial charge in [0.25, 0.3) is 0 Å². The zero-order valence-corrected chi connectivity index (χ0v) is 20.2. The van der Waals surface area contributed by atoms with Crippen LogP contribution in [0.15, 0.2) is 53.4 Å². The van der Waals surface area contributed by atoms with Gasteiger partial charge in [-0.2, -0.15) is 0 Å². The quantitative estimate of drug-likeness (QED) is 0.625. The minimum atomic E-state index is -3.61. The van der Waals surface area contributed by atoms with Gasteiger partial charge in [-0.1, -0.05) is 36.4 Å². The summed E-state index contributed by atoms with van der Waals surface area (Å²) in [7, 11) is -0.320. The molecule has 2 aromatic carbocycles. The van der Waals surface area contributed by atoms with Crippen molar-refractivity contribution in [3.8, 4) is 11.5 Å². The van der Waals surface area contributed by atoms with Crippen LogP contribution >= 0.6 is 0 Å². The van der Waals surface area contributed by atoms with Crippen molar-refractivity contribution in [1.29, 1.82) is 0 Å². The van der Waals surface area contributed by atoms with E-state index >= 15 is 0 Å². The molecule has 1 saturated heterocycles. The molecule has 0 aromatic heterocycles. The van der Waals surface area contributed by atoms with E-state index in [4.69, 9.17) is 18.9 Å². The van der Waals surface area contributed by atoms with Crippen molar-refractivity contribution in [2.45, 2.75) is 41.5 Å². The molecule has 2 fully saturated rings. The van der Waals surface area contributed by atoms with Gasteiger partial charge in [0.15, 0.2) is 17.6 Å². The van der Waals surface area contributed by atoms with Crippen LogP contribution in [0, 0.1) is 5.92 Å². The number of sulfonamides is 1. The van der Waals surface area contributed by atoms with E-state index in [2.05, 4.69) is 18.2 Å². The molecule has 4 aliphatic rings. The van der Waals surface area contributed by atoms with E-state index in [-0.39, 0.29) is 12.0 Å². The number of nitrogens with zero attached hydrogens (tertiary/aromatic N) is 1. The standard InChI is InChI=1S/C26H29NO6S/c1-27(34(28,29)20-6-4-3-5-7-20)15-14-25-19-10-8-18-9-11-21(30-2)23(22(18)25)33-24(25)26(13-12-19)31-16-17-32-26/h3-11,19,24H,12-17H2,1-2H3/t19-,24-,25+/m1/s1. The van der Waals surface area contributed by atoms with Crippen molar-refractivity contribution >= 4 is 16.1 Å². The van der Waals surface area contributed by atoms with Gasteiger partial charge < -0.3 is 18.9 Å². The highest BCUT2D eigenvalue weighted by Gasteiger charge is 2.67. The molecule has 6 rings (SSSR count). The lowest BCUT2D eigenvalue weighted by Gasteiger charge is -2.52. The fourth-order valence-corrected chi connectivity index (χ4v) is 7.56. The van der Waals surface area contributed by atoms with Crippen molar-refractivity contribution in [3.05, 3.63) is 59.7 Å². The molecule has 0 bridgehead atoms. The van der Waals surface area contributed by atoms with Crippen LogP contribution in [0.25, 0.3) is 6.08 Å². The van der Waals surface area contributed by atoms with Crippen LogP contribution in [-0.2, 0) is 24.9 Å². The summed E-state index contributed by atoms with van der Waals surface area (Å²) in [6, 6.07) is 12.6. The highest BCUT2D eigenvalue weighted by molar-refractivity contribution is 7.89. The van der Waals surface area contributed by atoms with E-state index in [1.54, 1.807) is 38.4 Å². The molecule has 34 heavy (non-hydrogen) atoms. The minimum absolute atomic E-state index is 0.185. The third kappa shape index (κ3) is 2.95. The van der Waals surface area contributed by atoms with E-state index in [0.29, 0.717) is 36.8 Å². The molecule has 2 aliphatic carbocycles. The van der Waals surface area contributed by atoms with Gasteiger partial charge in [-0.25, -0.2) is 12.7 Å².